The summed E-state index contributed by atoms with van der Waals surface area (Å²) in [4.78, 5) is 57.0. The molecule has 6 rings (SSSR count). The zero-order chi connectivity index (χ0) is 43.5. The first-order valence-corrected chi connectivity index (χ1v) is 21.8. The number of hydrogen-bond acceptors (Lipinski definition) is 10. The van der Waals surface area contributed by atoms with Gasteiger partial charge in [-0.25, -0.2) is 9.59 Å². The van der Waals surface area contributed by atoms with Crippen LogP contribution in [0.3, 0.4) is 0 Å². The number of aromatic nitrogens is 1. The second-order valence-electron chi connectivity index (χ2n) is 18.8. The number of nitrogens with zero attached hydrogens (tertiary/aromatic N) is 3. The van der Waals surface area contributed by atoms with Gasteiger partial charge in [0.1, 0.15) is 11.2 Å². The van der Waals surface area contributed by atoms with Gasteiger partial charge < -0.3 is 34.1 Å². The van der Waals surface area contributed by atoms with Crippen molar-refractivity contribution < 1.29 is 38.1 Å². The first-order valence-electron chi connectivity index (χ1n) is 21.8. The number of amides is 2. The number of carbonyl (C=O) groups is 4. The van der Waals surface area contributed by atoms with Gasteiger partial charge >= 0.3 is 24.1 Å². The lowest BCUT2D eigenvalue weighted by Crippen LogP contribution is -2.42. The molecule has 2 fully saturated rings. The van der Waals surface area contributed by atoms with Gasteiger partial charge in [-0.2, -0.15) is 0 Å². The lowest BCUT2D eigenvalue weighted by atomic mass is 9.75. The Balaban J connectivity index is 0.000000228. The molecule has 0 radical (unpaired) electrons. The first kappa shape index (κ1) is 46.2. The summed E-state index contributed by atoms with van der Waals surface area (Å²) >= 11 is 0. The van der Waals surface area contributed by atoms with Crippen LogP contribution in [0, 0.1) is 23.7 Å². The third-order valence-electron chi connectivity index (χ3n) is 11.9. The van der Waals surface area contributed by atoms with Gasteiger partial charge in [0.05, 0.1) is 26.2 Å². The number of rotatable bonds is 10. The van der Waals surface area contributed by atoms with Crippen LogP contribution in [0.15, 0.2) is 60.8 Å². The zero-order valence-electron chi connectivity index (χ0n) is 37.2. The molecule has 1 N–H and O–H groups in total. The number of nitrogens with one attached hydrogen (secondary N) is 1. The number of esters is 2. The number of hydrogen-bond donors (Lipinski definition) is 1. The van der Waals surface area contributed by atoms with Crippen LogP contribution in [0.5, 0.6) is 0 Å². The predicted octanol–water partition coefficient (Wildman–Crippen LogP) is 9.41. The van der Waals surface area contributed by atoms with Crippen molar-refractivity contribution in [3.05, 3.63) is 71.9 Å². The van der Waals surface area contributed by atoms with Crippen molar-refractivity contribution in [1.29, 1.82) is 0 Å². The van der Waals surface area contributed by atoms with E-state index in [2.05, 4.69) is 40.6 Å². The van der Waals surface area contributed by atoms with Crippen molar-refractivity contribution in [3.8, 4) is 0 Å². The summed E-state index contributed by atoms with van der Waals surface area (Å²) in [6, 6.07) is 18.5. The molecule has 0 aliphatic carbocycles. The average Bonchev–Trinajstić information content (AvgIpc) is 3.22. The second kappa shape index (κ2) is 21.1. The summed E-state index contributed by atoms with van der Waals surface area (Å²) in [5, 5.41) is 4.62. The molecule has 0 saturated carbocycles. The highest BCUT2D eigenvalue weighted by Gasteiger charge is 2.34. The summed E-state index contributed by atoms with van der Waals surface area (Å²) in [6.45, 7) is 15.0. The van der Waals surface area contributed by atoms with Gasteiger partial charge in [-0.1, -0.05) is 36.4 Å². The Morgan fingerprint density at radius 2 is 1.27 bits per heavy atom. The number of piperidine rings is 2. The number of likely N-dealkylation sites (tertiary alicyclic amines) is 2. The molecule has 0 unspecified atom stereocenters. The van der Waals surface area contributed by atoms with Gasteiger partial charge in [0.25, 0.3) is 0 Å². The summed E-state index contributed by atoms with van der Waals surface area (Å²) in [7, 11) is 2.89. The van der Waals surface area contributed by atoms with Crippen molar-refractivity contribution in [1.82, 2.24) is 14.8 Å². The Morgan fingerprint density at radius 3 is 1.85 bits per heavy atom. The fraction of sp³-hybridized carbons (Fsp3) is 0.604. The van der Waals surface area contributed by atoms with E-state index in [0.29, 0.717) is 43.7 Å². The van der Waals surface area contributed by atoms with E-state index in [0.717, 1.165) is 81.0 Å². The molecule has 328 valence electrons. The van der Waals surface area contributed by atoms with Gasteiger partial charge in [-0.15, -0.1) is 0 Å². The topological polar surface area (TPSA) is 137 Å². The second-order valence-corrected chi connectivity index (χ2v) is 18.8. The van der Waals surface area contributed by atoms with Crippen molar-refractivity contribution >= 4 is 40.7 Å². The molecule has 3 aromatic rings. The molecule has 60 heavy (non-hydrogen) atoms. The maximum atomic E-state index is 12.3. The Labute approximate surface area is 357 Å². The Hall–Kier alpha value is -4.87. The average molecular weight is 829 g/mol. The predicted molar refractivity (Wildman–Crippen MR) is 234 cm³/mol. The Morgan fingerprint density at radius 1 is 0.733 bits per heavy atom. The minimum Gasteiger partial charge on any atom is -0.469 e. The molecule has 3 aliphatic heterocycles. The van der Waals surface area contributed by atoms with E-state index in [1.165, 1.54) is 25.5 Å². The number of fused-ring (bicyclic) bond motifs is 2. The molecule has 0 bridgehead atoms. The molecule has 0 spiro atoms. The quantitative estimate of drug-likeness (QED) is 0.156. The fourth-order valence-corrected chi connectivity index (χ4v) is 8.66. The number of methoxy groups -OCH3 is 2. The molecule has 4 heterocycles. The minimum absolute atomic E-state index is 0.0487. The highest BCUT2D eigenvalue weighted by atomic mass is 16.6. The van der Waals surface area contributed by atoms with E-state index < -0.39 is 11.2 Å². The highest BCUT2D eigenvalue weighted by molar-refractivity contribution is 5.79. The maximum Gasteiger partial charge on any atom is 0.410 e. The van der Waals surface area contributed by atoms with Gasteiger partial charge in [0.2, 0.25) is 0 Å². The lowest BCUT2D eigenvalue weighted by Gasteiger charge is -2.37. The molecular formula is C48H68N4O8. The van der Waals surface area contributed by atoms with Crippen molar-refractivity contribution in [3.63, 3.8) is 0 Å². The van der Waals surface area contributed by atoms with Crippen LogP contribution in [0.25, 0.3) is 10.9 Å². The zero-order valence-corrected chi connectivity index (χ0v) is 37.2. The van der Waals surface area contributed by atoms with Crippen LogP contribution in [0.4, 0.5) is 15.3 Å². The molecule has 1 aromatic heterocycles. The number of para-hydroxylation sites is 2. The van der Waals surface area contributed by atoms with E-state index >= 15 is 0 Å². The van der Waals surface area contributed by atoms with Gasteiger partial charge in [0.15, 0.2) is 0 Å². The van der Waals surface area contributed by atoms with Crippen LogP contribution in [0.2, 0.25) is 0 Å². The van der Waals surface area contributed by atoms with Crippen LogP contribution in [-0.4, -0.2) is 97.1 Å². The molecular weight excluding hydrogens is 761 g/mol. The lowest BCUT2D eigenvalue weighted by molar-refractivity contribution is -0.142. The normalized spacial score (nSPS) is 18.5. The third-order valence-corrected chi connectivity index (χ3v) is 11.9. The van der Waals surface area contributed by atoms with Crippen LogP contribution in [-0.2, 0) is 35.0 Å². The summed E-state index contributed by atoms with van der Waals surface area (Å²) in [5.74, 6) is 1.33. The number of anilines is 1. The molecule has 12 nitrogen and oxygen atoms in total. The third kappa shape index (κ3) is 14.1. The van der Waals surface area contributed by atoms with Crippen molar-refractivity contribution in [2.45, 2.75) is 116 Å². The molecule has 2 amide bonds. The number of ether oxygens (including phenoxy) is 4. The molecule has 3 aliphatic rings. The SMILES string of the molecule is COC(=O)C[C@H](CC1CCN(C(=O)OC(C)(C)C)CC1)[C@@H]1CNc2ccccc2C1.COC(=O)C[C@H](CC1CCN(C(=O)OC(C)(C)C)CC1)c1cnc2ccccc2c1. The number of pyridine rings is 1. The Kier molecular flexibility index (Phi) is 16.2. The van der Waals surface area contributed by atoms with E-state index in [9.17, 15) is 19.2 Å². The van der Waals surface area contributed by atoms with Gasteiger partial charge in [0, 0.05) is 56.4 Å². The van der Waals surface area contributed by atoms with E-state index in [4.69, 9.17) is 18.9 Å². The van der Waals surface area contributed by atoms with Gasteiger partial charge in [-0.3, -0.25) is 14.6 Å². The van der Waals surface area contributed by atoms with Crippen molar-refractivity contribution in [2.75, 3.05) is 52.3 Å². The standard InChI is InChI=1S/C24H36N2O4.C24H32N2O4/c2*1-24(2,3)30-23(28)26-11-9-17(10-12-26)13-19(15-22(27)29-4)20-14-18-7-5-6-8-21(18)25-16-20/h5-8,17,19-20,25H,9-16H2,1-4H3;5-8,14,16-17,19H,9-13,15H2,1-4H3/t19-,20-;19-/m00/s1. The highest BCUT2D eigenvalue weighted by Crippen LogP contribution is 2.37. The van der Waals surface area contributed by atoms with E-state index in [-0.39, 0.29) is 36.0 Å². The molecule has 2 aromatic carbocycles. The molecule has 3 atom stereocenters. The van der Waals surface area contributed by atoms with Gasteiger partial charge in [-0.05, 0) is 145 Å². The van der Waals surface area contributed by atoms with E-state index in [1.807, 2.05) is 76.9 Å². The van der Waals surface area contributed by atoms with E-state index in [1.54, 1.807) is 4.90 Å². The Bertz CT molecular complexity index is 1890. The smallest absolute Gasteiger partial charge is 0.410 e. The fourth-order valence-electron chi connectivity index (χ4n) is 8.66. The summed E-state index contributed by atoms with van der Waals surface area (Å²) < 4.78 is 20.9. The monoisotopic (exact) mass is 829 g/mol. The van der Waals surface area contributed by atoms with Crippen LogP contribution >= 0.6 is 0 Å². The first-order chi connectivity index (χ1) is 28.5. The van der Waals surface area contributed by atoms with Crippen LogP contribution < -0.4 is 5.32 Å². The summed E-state index contributed by atoms with van der Waals surface area (Å²) in [5.41, 5.74) is 3.59. The number of carbonyl (C=O) groups excluding carboxylic acids is 4. The largest absolute Gasteiger partial charge is 0.469 e. The summed E-state index contributed by atoms with van der Waals surface area (Å²) in [6.07, 6.45) is 8.76. The number of benzene rings is 2. The van der Waals surface area contributed by atoms with Crippen molar-refractivity contribution in [2.24, 2.45) is 23.7 Å². The molecule has 2 saturated heterocycles. The van der Waals surface area contributed by atoms with Crippen LogP contribution in [0.1, 0.15) is 110 Å². The maximum absolute atomic E-state index is 12.3. The minimum atomic E-state index is -0.484. The molecule has 12 heteroatoms.